The Labute approximate surface area is 140 Å². The monoisotopic (exact) mass is 308 g/mol. The minimum atomic E-state index is 0.948. The number of aromatic nitrogens is 1. The number of benzene rings is 1. The molecule has 0 N–H and O–H groups in total. The zero-order chi connectivity index (χ0) is 17.2. The van der Waals surface area contributed by atoms with Crippen LogP contribution in [0.2, 0.25) is 0 Å². The zero-order valence-electron chi connectivity index (χ0n) is 15.0. The van der Waals surface area contributed by atoms with Crippen LogP contribution < -0.4 is 4.90 Å². The van der Waals surface area contributed by atoms with Gasteiger partial charge in [0.1, 0.15) is 0 Å². The van der Waals surface area contributed by atoms with Crippen molar-refractivity contribution in [3.8, 4) is 0 Å². The second-order valence-corrected chi connectivity index (χ2v) is 5.11. The van der Waals surface area contributed by atoms with Crippen molar-refractivity contribution < 1.29 is 0 Å². The van der Waals surface area contributed by atoms with Crippen molar-refractivity contribution in [1.82, 2.24) is 4.98 Å². The molecule has 0 atom stereocenters. The van der Waals surface area contributed by atoms with E-state index < -0.39 is 0 Å². The quantitative estimate of drug-likeness (QED) is 0.610. The van der Waals surface area contributed by atoms with Gasteiger partial charge in [-0.1, -0.05) is 45.6 Å². The fourth-order valence-corrected chi connectivity index (χ4v) is 2.16. The van der Waals surface area contributed by atoms with Gasteiger partial charge in [-0.2, -0.15) is 0 Å². The molecule has 2 rings (SSSR count). The average Bonchev–Trinajstić information content (AvgIpc) is 2.59. The lowest BCUT2D eigenvalue weighted by Crippen LogP contribution is -2.08. The lowest BCUT2D eigenvalue weighted by molar-refractivity contribution is 1.20. The van der Waals surface area contributed by atoms with Gasteiger partial charge >= 0.3 is 0 Å². The number of pyridine rings is 1. The van der Waals surface area contributed by atoms with Crippen LogP contribution in [0, 0.1) is 0 Å². The zero-order valence-corrected chi connectivity index (χ0v) is 15.0. The summed E-state index contributed by atoms with van der Waals surface area (Å²) in [6, 6.07) is 10.3. The summed E-state index contributed by atoms with van der Waals surface area (Å²) in [6.45, 7) is 12.1. The Morgan fingerprint density at radius 1 is 1.17 bits per heavy atom. The van der Waals surface area contributed by atoms with Crippen LogP contribution in [0.15, 0.2) is 61.3 Å². The number of allylic oxidation sites excluding steroid dienone is 4. The highest BCUT2D eigenvalue weighted by Gasteiger charge is 2.05. The molecule has 0 bridgehead atoms. The minimum Gasteiger partial charge on any atom is -0.351 e. The van der Waals surface area contributed by atoms with Crippen molar-refractivity contribution in [2.45, 2.75) is 34.1 Å². The maximum Gasteiger partial charge on any atom is 0.0730 e. The highest BCUT2D eigenvalue weighted by atomic mass is 15.1. The Morgan fingerprint density at radius 3 is 2.57 bits per heavy atom. The van der Waals surface area contributed by atoms with Crippen molar-refractivity contribution in [1.29, 1.82) is 0 Å². The van der Waals surface area contributed by atoms with E-state index in [0.717, 1.165) is 34.3 Å². The molecular formula is C21H28N2. The molecule has 1 aromatic carbocycles. The minimum absolute atomic E-state index is 0.948. The molecular weight excluding hydrogens is 280 g/mol. The van der Waals surface area contributed by atoms with Crippen LogP contribution in [-0.4, -0.2) is 12.0 Å². The van der Waals surface area contributed by atoms with Crippen LogP contribution in [-0.2, 0) is 0 Å². The second-order valence-electron chi connectivity index (χ2n) is 5.11. The molecule has 0 radical (unpaired) electrons. The third kappa shape index (κ3) is 5.10. The molecule has 2 aromatic rings. The highest BCUT2D eigenvalue weighted by molar-refractivity contribution is 5.93. The molecule has 2 nitrogen and oxygen atoms in total. The summed E-state index contributed by atoms with van der Waals surface area (Å²) in [4.78, 5) is 6.78. The maximum atomic E-state index is 4.66. The van der Waals surface area contributed by atoms with E-state index in [0.29, 0.717) is 0 Å². The van der Waals surface area contributed by atoms with E-state index in [2.05, 4.69) is 67.0 Å². The van der Waals surface area contributed by atoms with Crippen LogP contribution in [0.5, 0.6) is 0 Å². The molecule has 0 spiro atoms. The van der Waals surface area contributed by atoms with E-state index in [-0.39, 0.29) is 0 Å². The van der Waals surface area contributed by atoms with Crippen LogP contribution in [0.4, 0.5) is 5.69 Å². The van der Waals surface area contributed by atoms with Gasteiger partial charge in [0.15, 0.2) is 0 Å². The second kappa shape index (κ2) is 9.62. The maximum absolute atomic E-state index is 4.66. The summed E-state index contributed by atoms with van der Waals surface area (Å²) < 4.78 is 0. The predicted molar refractivity (Wildman–Crippen MR) is 105 cm³/mol. The van der Waals surface area contributed by atoms with Gasteiger partial charge in [-0.05, 0) is 49.3 Å². The van der Waals surface area contributed by atoms with Gasteiger partial charge in [-0.15, -0.1) is 0 Å². The van der Waals surface area contributed by atoms with E-state index in [1.807, 2.05) is 39.0 Å². The third-order valence-corrected chi connectivity index (χ3v) is 3.32. The molecule has 0 unspecified atom stereocenters. The summed E-state index contributed by atoms with van der Waals surface area (Å²) in [5, 5.41) is 1.15. The summed E-state index contributed by atoms with van der Waals surface area (Å²) >= 11 is 0. The number of hydrogen-bond acceptors (Lipinski definition) is 2. The number of anilines is 1. The van der Waals surface area contributed by atoms with Gasteiger partial charge in [-0.3, -0.25) is 0 Å². The van der Waals surface area contributed by atoms with Crippen LogP contribution in [0.1, 0.15) is 39.8 Å². The SMILES string of the molecule is C=C(C)c1ccc2c(N(C)/C=C\C=C\CC)cccc2n1.CC. The van der Waals surface area contributed by atoms with Crippen molar-refractivity contribution in [3.05, 3.63) is 67.0 Å². The first-order valence-electron chi connectivity index (χ1n) is 8.25. The Morgan fingerprint density at radius 2 is 1.91 bits per heavy atom. The molecule has 0 aliphatic heterocycles. The van der Waals surface area contributed by atoms with Gasteiger partial charge < -0.3 is 4.90 Å². The number of fused-ring (bicyclic) bond motifs is 1. The summed E-state index contributed by atoms with van der Waals surface area (Å²) in [6.07, 6.45) is 9.37. The van der Waals surface area contributed by atoms with E-state index in [9.17, 15) is 0 Å². The van der Waals surface area contributed by atoms with Gasteiger partial charge in [0, 0.05) is 24.3 Å². The molecule has 122 valence electrons. The fraction of sp³-hybridized carbons (Fsp3) is 0.286. The van der Waals surface area contributed by atoms with E-state index in [1.165, 1.54) is 0 Å². The predicted octanol–water partition coefficient (Wildman–Crippen LogP) is 6.21. The molecule has 1 heterocycles. The third-order valence-electron chi connectivity index (χ3n) is 3.32. The van der Waals surface area contributed by atoms with Gasteiger partial charge in [0.2, 0.25) is 0 Å². The first kappa shape index (κ1) is 18.7. The molecule has 0 amide bonds. The largest absolute Gasteiger partial charge is 0.351 e. The van der Waals surface area contributed by atoms with Gasteiger partial charge in [0.25, 0.3) is 0 Å². The highest BCUT2D eigenvalue weighted by Crippen LogP contribution is 2.26. The number of rotatable bonds is 5. The van der Waals surface area contributed by atoms with Crippen molar-refractivity contribution in [3.63, 3.8) is 0 Å². The molecule has 1 aromatic heterocycles. The standard InChI is InChI=1S/C19H22N2.C2H6/c1-5-6-7-8-14-21(4)19-11-9-10-18-16(19)12-13-17(20-18)15(2)3;1-2/h6-14H,2,5H2,1,3-4H3;1-2H3/b7-6+,14-8-;. The molecule has 0 saturated heterocycles. The molecule has 0 saturated carbocycles. The molecule has 0 aliphatic rings. The lowest BCUT2D eigenvalue weighted by Gasteiger charge is -2.16. The Balaban J connectivity index is 0.00000127. The molecule has 0 fully saturated rings. The topological polar surface area (TPSA) is 16.1 Å². The van der Waals surface area contributed by atoms with E-state index in [4.69, 9.17) is 0 Å². The number of hydrogen-bond donors (Lipinski definition) is 0. The smallest absolute Gasteiger partial charge is 0.0730 e. The van der Waals surface area contributed by atoms with Crippen molar-refractivity contribution in [2.75, 3.05) is 11.9 Å². The summed E-state index contributed by atoms with van der Waals surface area (Å²) in [5.74, 6) is 0. The van der Waals surface area contributed by atoms with Crippen LogP contribution in [0.3, 0.4) is 0 Å². The number of nitrogens with zero attached hydrogens (tertiary/aromatic N) is 2. The average molecular weight is 308 g/mol. The Bertz CT molecular complexity index is 696. The summed E-state index contributed by atoms with van der Waals surface area (Å²) in [7, 11) is 2.05. The molecule has 23 heavy (non-hydrogen) atoms. The van der Waals surface area contributed by atoms with Crippen molar-refractivity contribution >= 4 is 22.2 Å². The van der Waals surface area contributed by atoms with E-state index in [1.54, 1.807) is 0 Å². The first-order chi connectivity index (χ1) is 11.1. The van der Waals surface area contributed by atoms with Gasteiger partial charge in [0.05, 0.1) is 11.2 Å². The normalized spacial score (nSPS) is 10.8. The Kier molecular flexibility index (Phi) is 7.82. The lowest BCUT2D eigenvalue weighted by atomic mass is 10.1. The van der Waals surface area contributed by atoms with Crippen LogP contribution >= 0.6 is 0 Å². The molecule has 2 heteroatoms. The first-order valence-corrected chi connectivity index (χ1v) is 8.25. The Hall–Kier alpha value is -2.35. The van der Waals surface area contributed by atoms with E-state index >= 15 is 0 Å². The summed E-state index contributed by atoms with van der Waals surface area (Å²) in [5.41, 5.74) is 4.08. The fourth-order valence-electron chi connectivity index (χ4n) is 2.16. The van der Waals surface area contributed by atoms with Gasteiger partial charge in [-0.25, -0.2) is 4.98 Å². The van der Waals surface area contributed by atoms with Crippen LogP contribution in [0.25, 0.3) is 16.5 Å². The van der Waals surface area contributed by atoms with Crippen molar-refractivity contribution in [2.24, 2.45) is 0 Å². The molecule has 0 aliphatic carbocycles.